The molecule has 1 aromatic rings. The zero-order valence-electron chi connectivity index (χ0n) is 12.6. The second-order valence-corrected chi connectivity index (χ2v) is 5.40. The first-order valence-corrected chi connectivity index (χ1v) is 7.93. The predicted octanol–water partition coefficient (Wildman–Crippen LogP) is 3.83. The largest absolute Gasteiger partial charge is 0.323 e. The van der Waals surface area contributed by atoms with Crippen molar-refractivity contribution < 1.29 is 0 Å². The number of nitrogens with zero attached hydrogens (tertiary/aromatic N) is 3. The van der Waals surface area contributed by atoms with Gasteiger partial charge in [0.2, 0.25) is 0 Å². The average Bonchev–Trinajstić information content (AvgIpc) is 2.86. The van der Waals surface area contributed by atoms with Gasteiger partial charge in [-0.25, -0.2) is 4.68 Å². The third-order valence-corrected chi connectivity index (χ3v) is 3.58. The highest BCUT2D eigenvalue weighted by Gasteiger charge is 2.11. The molecule has 1 heterocycles. The molecule has 0 aromatic carbocycles. The highest BCUT2D eigenvalue weighted by molar-refractivity contribution is 5.00. The van der Waals surface area contributed by atoms with E-state index in [4.69, 9.17) is 5.73 Å². The molecule has 0 spiro atoms. The summed E-state index contributed by atoms with van der Waals surface area (Å²) < 4.78 is 1.95. The molecule has 0 saturated heterocycles. The van der Waals surface area contributed by atoms with E-state index in [2.05, 4.69) is 24.2 Å². The van der Waals surface area contributed by atoms with Crippen molar-refractivity contribution in [3.05, 3.63) is 11.9 Å². The van der Waals surface area contributed by atoms with Gasteiger partial charge in [0.1, 0.15) is 0 Å². The van der Waals surface area contributed by atoms with Gasteiger partial charge in [-0.15, -0.1) is 5.10 Å². The Hall–Kier alpha value is -0.900. The first kappa shape index (κ1) is 16.2. The third-order valence-electron chi connectivity index (χ3n) is 3.58. The van der Waals surface area contributed by atoms with E-state index in [0.717, 1.165) is 25.1 Å². The Morgan fingerprint density at radius 2 is 1.74 bits per heavy atom. The van der Waals surface area contributed by atoms with Gasteiger partial charge < -0.3 is 5.73 Å². The van der Waals surface area contributed by atoms with E-state index in [-0.39, 0.29) is 6.04 Å². The maximum Gasteiger partial charge on any atom is 0.0754 e. The van der Waals surface area contributed by atoms with E-state index in [1.807, 2.05) is 10.9 Å². The second kappa shape index (κ2) is 9.96. The SMILES string of the molecule is CCCCCCCCCC(N)c1cnnn1CCC. The lowest BCUT2D eigenvalue weighted by atomic mass is 10.0. The van der Waals surface area contributed by atoms with E-state index >= 15 is 0 Å². The summed E-state index contributed by atoms with van der Waals surface area (Å²) in [5, 5.41) is 8.06. The Kier molecular flexibility index (Phi) is 8.47. The molecule has 0 aliphatic heterocycles. The molecule has 0 amide bonds. The van der Waals surface area contributed by atoms with E-state index < -0.39 is 0 Å². The van der Waals surface area contributed by atoms with Crippen LogP contribution in [-0.4, -0.2) is 15.0 Å². The monoisotopic (exact) mass is 266 g/mol. The molecule has 4 nitrogen and oxygen atoms in total. The summed E-state index contributed by atoms with van der Waals surface area (Å²) in [6.07, 6.45) is 13.2. The van der Waals surface area contributed by atoms with Crippen molar-refractivity contribution in [3.8, 4) is 0 Å². The highest BCUT2D eigenvalue weighted by atomic mass is 15.4. The molecule has 1 atom stereocenters. The van der Waals surface area contributed by atoms with Crippen molar-refractivity contribution in [2.45, 2.75) is 84.2 Å². The first-order chi connectivity index (χ1) is 9.29. The summed E-state index contributed by atoms with van der Waals surface area (Å²) >= 11 is 0. The van der Waals surface area contributed by atoms with Crippen LogP contribution in [0.5, 0.6) is 0 Å². The molecule has 2 N–H and O–H groups in total. The van der Waals surface area contributed by atoms with E-state index in [1.54, 1.807) is 0 Å². The lowest BCUT2D eigenvalue weighted by Crippen LogP contribution is -2.16. The molecular weight excluding hydrogens is 236 g/mol. The molecule has 1 aromatic heterocycles. The lowest BCUT2D eigenvalue weighted by molar-refractivity contribution is 0.491. The fourth-order valence-corrected chi connectivity index (χ4v) is 2.41. The van der Waals surface area contributed by atoms with E-state index in [9.17, 15) is 0 Å². The van der Waals surface area contributed by atoms with Gasteiger partial charge in [-0.2, -0.15) is 0 Å². The standard InChI is InChI=1S/C15H30N4/c1-3-5-6-7-8-9-10-11-14(16)15-13-17-18-19(15)12-4-2/h13-14H,3-12,16H2,1-2H3. The summed E-state index contributed by atoms with van der Waals surface area (Å²) in [6.45, 7) is 5.32. The summed E-state index contributed by atoms with van der Waals surface area (Å²) in [5.74, 6) is 0. The number of rotatable bonds is 11. The van der Waals surface area contributed by atoms with Crippen LogP contribution in [0, 0.1) is 0 Å². The van der Waals surface area contributed by atoms with Crippen molar-refractivity contribution in [2.75, 3.05) is 0 Å². The molecule has 1 unspecified atom stereocenters. The molecule has 4 heteroatoms. The van der Waals surface area contributed by atoms with Gasteiger partial charge in [0.05, 0.1) is 11.9 Å². The number of hydrogen-bond donors (Lipinski definition) is 1. The average molecular weight is 266 g/mol. The van der Waals surface area contributed by atoms with E-state index in [0.29, 0.717) is 0 Å². The van der Waals surface area contributed by atoms with Crippen LogP contribution in [0.25, 0.3) is 0 Å². The maximum atomic E-state index is 6.23. The molecule has 0 fully saturated rings. The van der Waals surface area contributed by atoms with Gasteiger partial charge in [-0.05, 0) is 12.8 Å². The van der Waals surface area contributed by atoms with Gasteiger partial charge in [-0.3, -0.25) is 0 Å². The van der Waals surface area contributed by atoms with Gasteiger partial charge in [0, 0.05) is 12.6 Å². The summed E-state index contributed by atoms with van der Waals surface area (Å²) in [6, 6.07) is 0.0946. The van der Waals surface area contributed by atoms with Crippen LogP contribution < -0.4 is 5.73 Å². The Morgan fingerprint density at radius 3 is 2.42 bits per heavy atom. The molecule has 0 radical (unpaired) electrons. The second-order valence-electron chi connectivity index (χ2n) is 5.40. The van der Waals surface area contributed by atoms with Crippen LogP contribution in [0.4, 0.5) is 0 Å². The van der Waals surface area contributed by atoms with Crippen molar-refractivity contribution in [3.63, 3.8) is 0 Å². The van der Waals surface area contributed by atoms with Crippen molar-refractivity contribution in [1.29, 1.82) is 0 Å². The molecule has 19 heavy (non-hydrogen) atoms. The van der Waals surface area contributed by atoms with E-state index in [1.165, 1.54) is 44.9 Å². The first-order valence-electron chi connectivity index (χ1n) is 7.93. The Morgan fingerprint density at radius 1 is 1.05 bits per heavy atom. The summed E-state index contributed by atoms with van der Waals surface area (Å²) in [7, 11) is 0. The molecule has 0 aliphatic carbocycles. The molecule has 0 bridgehead atoms. The van der Waals surface area contributed by atoms with Gasteiger partial charge >= 0.3 is 0 Å². The van der Waals surface area contributed by atoms with Gasteiger partial charge in [0.25, 0.3) is 0 Å². The van der Waals surface area contributed by atoms with Gasteiger partial charge in [-0.1, -0.05) is 64.0 Å². The number of hydrogen-bond acceptors (Lipinski definition) is 3. The fraction of sp³-hybridized carbons (Fsp3) is 0.867. The summed E-state index contributed by atoms with van der Waals surface area (Å²) in [5.41, 5.74) is 7.32. The minimum Gasteiger partial charge on any atom is -0.323 e. The zero-order chi connectivity index (χ0) is 13.9. The Balaban J connectivity index is 2.16. The Bertz CT molecular complexity index is 322. The zero-order valence-corrected chi connectivity index (χ0v) is 12.6. The van der Waals surface area contributed by atoms with Gasteiger partial charge in [0.15, 0.2) is 0 Å². The summed E-state index contributed by atoms with van der Waals surface area (Å²) in [4.78, 5) is 0. The van der Waals surface area contributed by atoms with Crippen LogP contribution >= 0.6 is 0 Å². The number of nitrogens with two attached hydrogens (primary N) is 1. The quantitative estimate of drug-likeness (QED) is 0.619. The van der Waals surface area contributed by atoms with Crippen LogP contribution in [0.1, 0.15) is 83.4 Å². The minimum absolute atomic E-state index is 0.0946. The number of aryl methyl sites for hydroxylation is 1. The normalized spacial score (nSPS) is 12.8. The highest BCUT2D eigenvalue weighted by Crippen LogP contribution is 2.17. The van der Waals surface area contributed by atoms with Crippen molar-refractivity contribution in [1.82, 2.24) is 15.0 Å². The van der Waals surface area contributed by atoms with Crippen LogP contribution in [0.15, 0.2) is 6.20 Å². The third kappa shape index (κ3) is 6.19. The molecule has 0 saturated carbocycles. The predicted molar refractivity (Wildman–Crippen MR) is 79.9 cm³/mol. The molecule has 0 aliphatic rings. The van der Waals surface area contributed by atoms with Crippen LogP contribution in [-0.2, 0) is 6.54 Å². The van der Waals surface area contributed by atoms with Crippen molar-refractivity contribution >= 4 is 0 Å². The molecule has 110 valence electrons. The topological polar surface area (TPSA) is 56.7 Å². The number of aromatic nitrogens is 3. The number of unbranched alkanes of at least 4 members (excludes halogenated alkanes) is 6. The minimum atomic E-state index is 0.0946. The fourth-order valence-electron chi connectivity index (χ4n) is 2.41. The van der Waals surface area contributed by atoms with Crippen molar-refractivity contribution in [2.24, 2.45) is 5.73 Å². The molecule has 1 rings (SSSR count). The van der Waals surface area contributed by atoms with Crippen LogP contribution in [0.2, 0.25) is 0 Å². The van der Waals surface area contributed by atoms with Crippen LogP contribution in [0.3, 0.4) is 0 Å². The Labute approximate surface area is 117 Å². The smallest absolute Gasteiger partial charge is 0.0754 e. The molecular formula is C15H30N4. The lowest BCUT2D eigenvalue weighted by Gasteiger charge is -2.12. The maximum absolute atomic E-state index is 6.23.